The Labute approximate surface area is 147 Å². The van der Waals surface area contributed by atoms with Gasteiger partial charge in [0.25, 0.3) is 5.91 Å². The Morgan fingerprint density at radius 1 is 0.960 bits per heavy atom. The Morgan fingerprint density at radius 3 is 2.60 bits per heavy atom. The fourth-order valence-electron chi connectivity index (χ4n) is 2.43. The molecular formula is C20H20N4O. The predicted octanol–water partition coefficient (Wildman–Crippen LogP) is 3.33. The summed E-state index contributed by atoms with van der Waals surface area (Å²) in [6.45, 7) is 3.11. The van der Waals surface area contributed by atoms with E-state index < -0.39 is 0 Å². The highest BCUT2D eigenvalue weighted by atomic mass is 16.1. The van der Waals surface area contributed by atoms with Gasteiger partial charge in [-0.15, -0.1) is 0 Å². The number of hydrogen-bond donors (Lipinski definition) is 2. The van der Waals surface area contributed by atoms with Crippen molar-refractivity contribution in [2.24, 2.45) is 0 Å². The van der Waals surface area contributed by atoms with Gasteiger partial charge in [-0.05, 0) is 42.3 Å². The minimum atomic E-state index is -0.190. The van der Waals surface area contributed by atoms with Crippen LogP contribution in [0.3, 0.4) is 0 Å². The Hall–Kier alpha value is -3.21. The van der Waals surface area contributed by atoms with Gasteiger partial charge in [-0.2, -0.15) is 0 Å². The molecule has 5 heteroatoms. The maximum Gasteiger partial charge on any atom is 0.270 e. The van der Waals surface area contributed by atoms with Crippen molar-refractivity contribution in [3.63, 3.8) is 0 Å². The highest BCUT2D eigenvalue weighted by molar-refractivity contribution is 5.93. The molecule has 0 unspecified atom stereocenters. The number of amides is 1. The molecule has 0 atom stereocenters. The van der Waals surface area contributed by atoms with Crippen molar-refractivity contribution < 1.29 is 4.79 Å². The summed E-state index contributed by atoms with van der Waals surface area (Å²) in [5.41, 5.74) is 4.41. The maximum absolute atomic E-state index is 12.3. The molecular weight excluding hydrogens is 312 g/mol. The lowest BCUT2D eigenvalue weighted by Crippen LogP contribution is -2.24. The average Bonchev–Trinajstić information content (AvgIpc) is 2.66. The lowest BCUT2D eigenvalue weighted by Gasteiger charge is -2.09. The normalized spacial score (nSPS) is 10.3. The van der Waals surface area contributed by atoms with Gasteiger partial charge >= 0.3 is 0 Å². The third-order valence-electron chi connectivity index (χ3n) is 3.89. The van der Waals surface area contributed by atoms with Crippen LogP contribution in [0.5, 0.6) is 0 Å². The van der Waals surface area contributed by atoms with Crippen LogP contribution in [0.4, 0.5) is 5.69 Å². The van der Waals surface area contributed by atoms with Gasteiger partial charge in [0.15, 0.2) is 0 Å². The molecule has 2 N–H and O–H groups in total. The Morgan fingerprint density at radius 2 is 1.80 bits per heavy atom. The van der Waals surface area contributed by atoms with Gasteiger partial charge in [-0.25, -0.2) is 0 Å². The van der Waals surface area contributed by atoms with Gasteiger partial charge in [0.2, 0.25) is 0 Å². The fraction of sp³-hybridized carbons (Fsp3) is 0.150. The SMILES string of the molecule is Cc1ccccc1CNC(=O)c1cc(NCc2ccccn2)ccn1. The zero-order valence-electron chi connectivity index (χ0n) is 14.1. The van der Waals surface area contributed by atoms with Crippen molar-refractivity contribution in [3.05, 3.63) is 89.5 Å². The molecule has 0 aliphatic heterocycles. The molecule has 0 radical (unpaired) electrons. The summed E-state index contributed by atoms with van der Waals surface area (Å²) in [5.74, 6) is -0.190. The summed E-state index contributed by atoms with van der Waals surface area (Å²) in [6, 6.07) is 17.3. The van der Waals surface area contributed by atoms with Crippen LogP contribution < -0.4 is 10.6 Å². The molecule has 1 aromatic carbocycles. The third-order valence-corrected chi connectivity index (χ3v) is 3.89. The summed E-state index contributed by atoms with van der Waals surface area (Å²) in [5, 5.41) is 6.17. The van der Waals surface area contributed by atoms with Crippen LogP contribution in [-0.4, -0.2) is 15.9 Å². The van der Waals surface area contributed by atoms with E-state index in [1.165, 1.54) is 0 Å². The average molecular weight is 332 g/mol. The number of anilines is 1. The Bertz CT molecular complexity index is 849. The number of rotatable bonds is 6. The minimum Gasteiger partial charge on any atom is -0.379 e. The standard InChI is InChI=1S/C20H20N4O/c1-15-6-2-3-7-16(15)13-24-20(25)19-12-17(9-11-22-19)23-14-18-8-4-5-10-21-18/h2-12H,13-14H2,1H3,(H,22,23)(H,24,25). The summed E-state index contributed by atoms with van der Waals surface area (Å²) in [6.07, 6.45) is 3.39. The quantitative estimate of drug-likeness (QED) is 0.726. The second-order valence-corrected chi connectivity index (χ2v) is 5.71. The number of carbonyl (C=O) groups excluding carboxylic acids is 1. The highest BCUT2D eigenvalue weighted by Crippen LogP contribution is 2.11. The molecule has 0 saturated heterocycles. The fourth-order valence-corrected chi connectivity index (χ4v) is 2.43. The van der Waals surface area contributed by atoms with Crippen LogP contribution in [0.1, 0.15) is 27.3 Å². The van der Waals surface area contributed by atoms with Gasteiger partial charge in [0.1, 0.15) is 5.69 Å². The first-order valence-electron chi connectivity index (χ1n) is 8.15. The molecule has 0 aliphatic carbocycles. The van der Waals surface area contributed by atoms with Gasteiger partial charge in [-0.3, -0.25) is 14.8 Å². The smallest absolute Gasteiger partial charge is 0.270 e. The van der Waals surface area contributed by atoms with E-state index >= 15 is 0 Å². The topological polar surface area (TPSA) is 66.9 Å². The Kier molecular flexibility index (Phi) is 5.36. The van der Waals surface area contributed by atoms with Gasteiger partial charge in [0.05, 0.1) is 12.2 Å². The van der Waals surface area contributed by atoms with Gasteiger partial charge < -0.3 is 10.6 Å². The van der Waals surface area contributed by atoms with Crippen molar-refractivity contribution in [1.82, 2.24) is 15.3 Å². The highest BCUT2D eigenvalue weighted by Gasteiger charge is 2.08. The molecule has 2 heterocycles. The molecule has 3 rings (SSSR count). The molecule has 2 aromatic heterocycles. The first-order chi connectivity index (χ1) is 12.2. The number of nitrogens with one attached hydrogen (secondary N) is 2. The number of hydrogen-bond acceptors (Lipinski definition) is 4. The van der Waals surface area contributed by atoms with Crippen LogP contribution in [0.25, 0.3) is 0 Å². The van der Waals surface area contributed by atoms with E-state index in [0.29, 0.717) is 18.8 Å². The van der Waals surface area contributed by atoms with Crippen LogP contribution in [0.2, 0.25) is 0 Å². The summed E-state index contributed by atoms with van der Waals surface area (Å²) >= 11 is 0. The first-order valence-corrected chi connectivity index (χ1v) is 8.15. The predicted molar refractivity (Wildman–Crippen MR) is 98.1 cm³/mol. The van der Waals surface area contributed by atoms with E-state index in [9.17, 15) is 4.79 Å². The zero-order valence-corrected chi connectivity index (χ0v) is 14.1. The number of nitrogens with zero attached hydrogens (tertiary/aromatic N) is 2. The van der Waals surface area contributed by atoms with Crippen molar-refractivity contribution >= 4 is 11.6 Å². The molecule has 0 fully saturated rings. The number of aromatic nitrogens is 2. The maximum atomic E-state index is 12.3. The summed E-state index contributed by atoms with van der Waals surface area (Å²) in [4.78, 5) is 20.8. The number of aryl methyl sites for hydroxylation is 1. The third kappa shape index (κ3) is 4.64. The number of benzene rings is 1. The second-order valence-electron chi connectivity index (χ2n) is 5.71. The number of carbonyl (C=O) groups is 1. The van der Waals surface area contributed by atoms with Crippen molar-refractivity contribution in [3.8, 4) is 0 Å². The monoisotopic (exact) mass is 332 g/mol. The van der Waals surface area contributed by atoms with E-state index in [1.54, 1.807) is 18.5 Å². The van der Waals surface area contributed by atoms with E-state index in [1.807, 2.05) is 55.5 Å². The molecule has 3 aromatic rings. The second kappa shape index (κ2) is 8.06. The first kappa shape index (κ1) is 16.6. The molecule has 0 spiro atoms. The van der Waals surface area contributed by atoms with Gasteiger partial charge in [0, 0.05) is 24.6 Å². The summed E-state index contributed by atoms with van der Waals surface area (Å²) in [7, 11) is 0. The van der Waals surface area contributed by atoms with E-state index in [4.69, 9.17) is 0 Å². The minimum absolute atomic E-state index is 0.190. The molecule has 0 bridgehead atoms. The largest absolute Gasteiger partial charge is 0.379 e. The van der Waals surface area contributed by atoms with E-state index in [-0.39, 0.29) is 5.91 Å². The van der Waals surface area contributed by atoms with Crippen molar-refractivity contribution in [2.75, 3.05) is 5.32 Å². The Balaban J connectivity index is 1.60. The lowest BCUT2D eigenvalue weighted by molar-refractivity contribution is 0.0946. The van der Waals surface area contributed by atoms with Gasteiger partial charge in [-0.1, -0.05) is 30.3 Å². The van der Waals surface area contributed by atoms with Crippen LogP contribution in [0, 0.1) is 6.92 Å². The molecule has 126 valence electrons. The molecule has 25 heavy (non-hydrogen) atoms. The van der Waals surface area contributed by atoms with Crippen molar-refractivity contribution in [1.29, 1.82) is 0 Å². The molecule has 1 amide bonds. The molecule has 5 nitrogen and oxygen atoms in total. The molecule has 0 saturated carbocycles. The van der Waals surface area contributed by atoms with Crippen LogP contribution in [-0.2, 0) is 13.1 Å². The summed E-state index contributed by atoms with van der Waals surface area (Å²) < 4.78 is 0. The van der Waals surface area contributed by atoms with Crippen molar-refractivity contribution in [2.45, 2.75) is 20.0 Å². The van der Waals surface area contributed by atoms with E-state index in [2.05, 4.69) is 20.6 Å². The zero-order chi connectivity index (χ0) is 17.5. The number of pyridine rings is 2. The molecule has 0 aliphatic rings. The lowest BCUT2D eigenvalue weighted by atomic mass is 10.1. The van der Waals surface area contributed by atoms with Crippen LogP contribution in [0.15, 0.2) is 67.0 Å². The van der Waals surface area contributed by atoms with E-state index in [0.717, 1.165) is 22.5 Å². The van der Waals surface area contributed by atoms with Crippen LogP contribution >= 0.6 is 0 Å².